The molecule has 770 valence electrons. The summed E-state index contributed by atoms with van der Waals surface area (Å²) in [4.78, 5) is 99.4. The van der Waals surface area contributed by atoms with Crippen LogP contribution in [0.3, 0.4) is 0 Å². The van der Waals surface area contributed by atoms with E-state index in [1.165, 1.54) is 27.7 Å². The zero-order valence-corrected chi connectivity index (χ0v) is 85.3. The van der Waals surface area contributed by atoms with Gasteiger partial charge in [-0.05, 0) is 126 Å². The lowest BCUT2D eigenvalue weighted by Gasteiger charge is -2.44. The molecule has 0 aliphatic carbocycles. The van der Waals surface area contributed by atoms with E-state index in [1.807, 2.05) is 19.9 Å². The van der Waals surface area contributed by atoms with E-state index in [4.69, 9.17) is 117 Å². The van der Waals surface area contributed by atoms with Crippen LogP contribution in [0.15, 0.2) is 0 Å². The van der Waals surface area contributed by atoms with Crippen molar-refractivity contribution >= 4 is 70.3 Å². The minimum Gasteiger partial charge on any atom is -0.463 e. The number of amides is 1. The molecule has 3 heterocycles. The molecule has 47 heteroatoms. The second-order valence-electron chi connectivity index (χ2n) is 34.3. The topological polar surface area (TPSA) is 529 Å². The van der Waals surface area contributed by atoms with Crippen LogP contribution in [-0.2, 0) is 158 Å². The lowest BCUT2D eigenvalue weighted by Crippen LogP contribution is -2.58. The number of esters is 3. The maximum Gasteiger partial charge on any atom is 0.472 e. The highest BCUT2D eigenvalue weighted by Crippen LogP contribution is 2.51. The minimum absolute atomic E-state index is 0.0201. The van der Waals surface area contributed by atoms with E-state index in [-0.39, 0.29) is 267 Å². The average molecular weight is 2010 g/mol. The molecule has 3 rings (SSSR count). The van der Waals surface area contributed by atoms with Gasteiger partial charge in [0.2, 0.25) is 5.91 Å². The predicted molar refractivity (Wildman–Crippen MR) is 480 cm³/mol. The highest BCUT2D eigenvalue weighted by Gasteiger charge is 2.45. The van der Waals surface area contributed by atoms with Crippen molar-refractivity contribution in [2.24, 2.45) is 58.7 Å². The molecule has 131 heavy (non-hydrogen) atoms. The normalized spacial score (nSPS) is 25.9. The molecule has 0 aromatic heterocycles. The maximum atomic E-state index is 13.9. The number of carbonyl (C=O) groups is 4. The maximum absolute atomic E-state index is 13.9. The van der Waals surface area contributed by atoms with Gasteiger partial charge in [-0.3, -0.25) is 64.5 Å². The highest BCUT2D eigenvalue weighted by atomic mass is 31.2. The van der Waals surface area contributed by atoms with E-state index in [0.29, 0.717) is 110 Å². The van der Waals surface area contributed by atoms with Gasteiger partial charge in [-0.15, -0.1) is 0 Å². The number of hydrogen-bond acceptors (Lipinski definition) is 35. The number of phosphoric ester groups is 4. The van der Waals surface area contributed by atoms with Crippen LogP contribution in [0.5, 0.6) is 0 Å². The molecule has 3 saturated heterocycles. The molecule has 1 amide bonds. The number of rotatable bonds is 80. The summed E-state index contributed by atoms with van der Waals surface area (Å²) in [5, 5.41) is 12.0. The van der Waals surface area contributed by atoms with Crippen LogP contribution < -0.4 is 5.32 Å². The zero-order valence-electron chi connectivity index (χ0n) is 79.9. The SMILES string of the molecule is CCOP(=O)(CCCC#N)OCC(CCCCCOP(=O)(O)OCC(COCCCOP(=O)(O)OCCCCCCO[C@@H]1OC(COC(C)=O)[C@H](C)[C@H](C)C1C)(COCCCOP(=O)(O)OCCCCCCO[C@@H]1OC(COC(C)=O)[C@H](C)[C@H](C)C1C)COCCCOP(=O)(O)OCCCCCCO[C@@H]1OC(COC(C)=O)[C@H](C)[C@H](C)C1NC(C)=O)COCCCOP(C)(=O)O. The quantitative estimate of drug-likeness (QED) is 0.0142. The van der Waals surface area contributed by atoms with Gasteiger partial charge in [-0.1, -0.05) is 107 Å². The van der Waals surface area contributed by atoms with Gasteiger partial charge in [-0.25, -0.2) is 18.3 Å². The Kier molecular flexibility index (Phi) is 63.7. The highest BCUT2D eigenvalue weighted by molar-refractivity contribution is 7.53. The van der Waals surface area contributed by atoms with Crippen LogP contribution in [0, 0.1) is 70.0 Å². The summed E-state index contributed by atoms with van der Waals surface area (Å²) < 4.78 is 214. The first-order valence-electron chi connectivity index (χ1n) is 46.4. The summed E-state index contributed by atoms with van der Waals surface area (Å²) in [6.45, 7) is 22.9. The molecule has 22 atom stereocenters. The molecule has 0 bridgehead atoms. The van der Waals surface area contributed by atoms with Gasteiger partial charge in [-0.2, -0.15) is 5.26 Å². The summed E-state index contributed by atoms with van der Waals surface area (Å²) in [5.41, 5.74) is -1.49. The van der Waals surface area contributed by atoms with Crippen LogP contribution in [0.4, 0.5) is 0 Å². The van der Waals surface area contributed by atoms with Gasteiger partial charge >= 0.3 is 64.4 Å². The van der Waals surface area contributed by atoms with E-state index >= 15 is 0 Å². The van der Waals surface area contributed by atoms with Crippen molar-refractivity contribution in [3.05, 3.63) is 0 Å². The van der Waals surface area contributed by atoms with Crippen LogP contribution in [0.1, 0.15) is 231 Å². The summed E-state index contributed by atoms with van der Waals surface area (Å²) in [5.74, 6) is -0.887. The Morgan fingerprint density at radius 2 is 0.710 bits per heavy atom. The van der Waals surface area contributed by atoms with Crippen LogP contribution >= 0.6 is 46.5 Å². The standard InChI is InChI=1S/C84H160N2O39P6/c1-15-112-127(93,54-32-24-38-85)121-56-76(55-102-39-33-50-113-126(14,91)92)37-23-22-31-49-117-131(100,101)122-63-84(60-103-40-34-51-118-128(94,95)114-46-28-19-16-25-43-106-81-70(8)64(2)66(4)77(123-81)57-109-73(11)88,61-104-41-35-52-119-129(96,97)115-47-29-20-17-26-44-107-82-71(9)65(3)67(5)78(124-82)58-110-74(12)89)62-105-42-36-53-120-130(98,99)116-48-30-21-18-27-45-108-83-80(86-72(10)87)69(7)68(6)79(125-83)59-111-75(13)90/h64-71,76-83H,15-37,39-63H2,1-14H3,(H,86,87)(H,91,92)(H,94,95)(H,96,97)(H,98,99)(H,100,101)/t64-,65-,66+,67+,68+,69-,70?,71?,76?,77?,78?,79?,80?,81+,82+,83+,84?,127?/m0/s1. The average Bonchev–Trinajstić information content (AvgIpc) is 0.797. The van der Waals surface area contributed by atoms with E-state index in [9.17, 15) is 71.0 Å². The van der Waals surface area contributed by atoms with Crippen molar-refractivity contribution < 1.29 is 182 Å². The van der Waals surface area contributed by atoms with Crippen molar-refractivity contribution in [1.82, 2.24) is 5.32 Å². The Bertz CT molecular complexity index is 3360. The fraction of sp³-hybridized carbons (Fsp3) is 0.940. The van der Waals surface area contributed by atoms with E-state index < -0.39 is 95.5 Å². The summed E-state index contributed by atoms with van der Waals surface area (Å²) in [6.07, 6.45) is 6.99. The van der Waals surface area contributed by atoms with Gasteiger partial charge in [0, 0.05) is 105 Å². The van der Waals surface area contributed by atoms with Gasteiger partial charge in [0.25, 0.3) is 0 Å². The Morgan fingerprint density at radius 1 is 0.374 bits per heavy atom. The molecule has 41 nitrogen and oxygen atoms in total. The molecule has 3 aliphatic rings. The van der Waals surface area contributed by atoms with Crippen LogP contribution in [0.2, 0.25) is 0 Å². The Hall–Kier alpha value is -2.29. The van der Waals surface area contributed by atoms with Crippen LogP contribution in [-0.4, -0.2) is 270 Å². The number of hydrogen-bond donors (Lipinski definition) is 6. The lowest BCUT2D eigenvalue weighted by atomic mass is 9.79. The van der Waals surface area contributed by atoms with Crippen molar-refractivity contribution in [3.63, 3.8) is 0 Å². The molecule has 13 unspecified atom stereocenters. The largest absolute Gasteiger partial charge is 0.472 e. The molecule has 6 N–H and O–H groups in total. The van der Waals surface area contributed by atoms with Crippen molar-refractivity contribution in [1.29, 1.82) is 5.26 Å². The predicted octanol–water partition coefficient (Wildman–Crippen LogP) is 14.9. The fourth-order valence-electron chi connectivity index (χ4n) is 14.4. The third kappa shape index (κ3) is 56.7. The van der Waals surface area contributed by atoms with E-state index in [0.717, 1.165) is 19.5 Å². The van der Waals surface area contributed by atoms with Crippen molar-refractivity contribution in [3.8, 4) is 6.07 Å². The third-order valence-electron chi connectivity index (χ3n) is 23.0. The number of carbonyl (C=O) groups excluding carboxylic acids is 4. The number of phosphoric acid groups is 4. The summed E-state index contributed by atoms with van der Waals surface area (Å²) >= 11 is 0. The number of nitriles is 1. The number of nitrogens with one attached hydrogen (secondary N) is 1. The van der Waals surface area contributed by atoms with Gasteiger partial charge in [0.05, 0.1) is 141 Å². The molecule has 3 fully saturated rings. The van der Waals surface area contributed by atoms with Crippen molar-refractivity contribution in [2.45, 2.75) is 274 Å². The molecule has 0 spiro atoms. The first kappa shape index (κ1) is 123. The summed E-state index contributed by atoms with van der Waals surface area (Å²) in [7, 11) is -25.9. The van der Waals surface area contributed by atoms with Gasteiger partial charge in [0.1, 0.15) is 19.8 Å². The lowest BCUT2D eigenvalue weighted by molar-refractivity contribution is -0.255. The second kappa shape index (κ2) is 68.0. The Labute approximate surface area is 776 Å². The van der Waals surface area contributed by atoms with E-state index in [2.05, 4.69) is 46.9 Å². The monoisotopic (exact) mass is 2010 g/mol. The van der Waals surface area contributed by atoms with Gasteiger partial charge < -0.3 is 105 Å². The fourth-order valence-corrected chi connectivity index (χ4v) is 19.8. The third-order valence-corrected chi connectivity index (χ3v) is 29.7. The second-order valence-corrected chi connectivity index (χ2v) is 44.1. The molecular formula is C84H160N2O39P6. The number of unbranched alkanes of at least 4 members (excludes halogenated alkanes) is 12. The number of nitrogens with zero attached hydrogens (tertiary/aromatic N) is 1. The van der Waals surface area contributed by atoms with Crippen molar-refractivity contribution in [2.75, 3.05) is 178 Å². The molecule has 0 radical (unpaired) electrons. The molecule has 0 aromatic rings. The number of ether oxygens (including phenoxy) is 13. The smallest absolute Gasteiger partial charge is 0.463 e. The molecule has 0 aromatic carbocycles. The minimum atomic E-state index is -4.93. The van der Waals surface area contributed by atoms with Gasteiger partial charge in [0.15, 0.2) is 18.9 Å². The Balaban J connectivity index is 1.73. The molecular weight excluding hydrogens is 1850 g/mol. The zero-order chi connectivity index (χ0) is 97.4. The Morgan fingerprint density at radius 3 is 1.08 bits per heavy atom. The first-order chi connectivity index (χ1) is 62.0. The molecule has 0 saturated carbocycles. The summed E-state index contributed by atoms with van der Waals surface area (Å²) in [6, 6.07) is 1.58. The van der Waals surface area contributed by atoms with E-state index in [1.54, 1.807) is 6.92 Å². The first-order valence-corrected chi connectivity index (χ1v) is 56.2. The molecule has 3 aliphatic heterocycles. The van der Waals surface area contributed by atoms with Crippen LogP contribution in [0.25, 0.3) is 0 Å².